The van der Waals surface area contributed by atoms with E-state index in [1.54, 1.807) is 24.3 Å². The number of benzene rings is 2. The van der Waals surface area contributed by atoms with Gasteiger partial charge in [0.05, 0.1) is 11.5 Å². The Morgan fingerprint density at radius 2 is 1.96 bits per heavy atom. The third-order valence-corrected chi connectivity index (χ3v) is 4.51. The van der Waals surface area contributed by atoms with E-state index in [0.717, 1.165) is 12.1 Å². The van der Waals surface area contributed by atoms with E-state index in [1.165, 1.54) is 17.0 Å². The Kier molecular flexibility index (Phi) is 5.41. The highest BCUT2D eigenvalue weighted by Gasteiger charge is 2.35. The molecule has 1 aliphatic heterocycles. The van der Waals surface area contributed by atoms with Crippen LogP contribution in [0.1, 0.15) is 23.1 Å². The van der Waals surface area contributed by atoms with Crippen LogP contribution in [-0.4, -0.2) is 23.3 Å². The van der Waals surface area contributed by atoms with E-state index in [2.05, 4.69) is 11.2 Å². The maximum atomic E-state index is 12.8. The van der Waals surface area contributed by atoms with Crippen LogP contribution in [0.25, 0.3) is 0 Å². The first-order valence-corrected chi connectivity index (χ1v) is 8.57. The van der Waals surface area contributed by atoms with Crippen LogP contribution in [0, 0.1) is 18.3 Å². The molecule has 1 unspecified atom stereocenters. The minimum atomic E-state index is -4.44. The summed E-state index contributed by atoms with van der Waals surface area (Å²) in [7, 11) is 0. The zero-order valence-corrected chi connectivity index (χ0v) is 14.8. The highest BCUT2D eigenvalue weighted by molar-refractivity contribution is 5.97. The standard InChI is InChI=1S/C21H17F3N2O2/c1-2-14-5-4-8-18(10-14)25-20(28)16-11-19(27)26(13-16)12-15-6-3-7-17(9-15)21(22,23)24/h1,3-10,16H,11-13H2,(H,25,28). The van der Waals surface area contributed by atoms with Crippen molar-refractivity contribution >= 4 is 17.5 Å². The van der Waals surface area contributed by atoms with Gasteiger partial charge in [0.25, 0.3) is 0 Å². The number of hydrogen-bond donors (Lipinski definition) is 1. The number of likely N-dealkylation sites (tertiary alicyclic amines) is 1. The van der Waals surface area contributed by atoms with Gasteiger partial charge in [-0.05, 0) is 35.9 Å². The fourth-order valence-corrected chi connectivity index (χ4v) is 3.10. The molecule has 4 nitrogen and oxygen atoms in total. The highest BCUT2D eigenvalue weighted by Crippen LogP contribution is 2.30. The van der Waals surface area contributed by atoms with Crippen molar-refractivity contribution in [3.63, 3.8) is 0 Å². The Bertz CT molecular complexity index is 947. The smallest absolute Gasteiger partial charge is 0.338 e. The monoisotopic (exact) mass is 386 g/mol. The van der Waals surface area contributed by atoms with Crippen LogP contribution in [0.4, 0.5) is 18.9 Å². The van der Waals surface area contributed by atoms with Gasteiger partial charge in [-0.2, -0.15) is 13.2 Å². The number of alkyl halides is 3. The Hall–Kier alpha value is -3.27. The predicted molar refractivity (Wildman–Crippen MR) is 98.0 cm³/mol. The second-order valence-corrected chi connectivity index (χ2v) is 6.59. The molecule has 0 spiro atoms. The fraction of sp³-hybridized carbons (Fsp3) is 0.238. The van der Waals surface area contributed by atoms with Crippen molar-refractivity contribution in [2.75, 3.05) is 11.9 Å². The summed E-state index contributed by atoms with van der Waals surface area (Å²) < 4.78 is 38.5. The second-order valence-electron chi connectivity index (χ2n) is 6.59. The first-order valence-electron chi connectivity index (χ1n) is 8.57. The minimum absolute atomic E-state index is 0.0135. The summed E-state index contributed by atoms with van der Waals surface area (Å²) in [6.45, 7) is 0.175. The van der Waals surface area contributed by atoms with E-state index < -0.39 is 17.7 Å². The lowest BCUT2D eigenvalue weighted by molar-refractivity contribution is -0.137. The summed E-state index contributed by atoms with van der Waals surface area (Å²) in [5, 5.41) is 2.73. The maximum absolute atomic E-state index is 12.8. The summed E-state index contributed by atoms with van der Waals surface area (Å²) in [4.78, 5) is 26.1. The highest BCUT2D eigenvalue weighted by atomic mass is 19.4. The average molecular weight is 386 g/mol. The van der Waals surface area contributed by atoms with Gasteiger partial charge >= 0.3 is 6.18 Å². The molecule has 28 heavy (non-hydrogen) atoms. The molecular formula is C21H17F3N2O2. The molecule has 1 saturated heterocycles. The maximum Gasteiger partial charge on any atom is 0.416 e. The third kappa shape index (κ3) is 4.52. The van der Waals surface area contributed by atoms with E-state index in [0.29, 0.717) is 16.8 Å². The molecule has 144 valence electrons. The van der Waals surface area contributed by atoms with Gasteiger partial charge in [-0.3, -0.25) is 9.59 Å². The van der Waals surface area contributed by atoms with Crippen LogP contribution in [0.5, 0.6) is 0 Å². The normalized spacial score (nSPS) is 16.7. The van der Waals surface area contributed by atoms with Crippen LogP contribution in [-0.2, 0) is 22.3 Å². The van der Waals surface area contributed by atoms with Crippen LogP contribution in [0.15, 0.2) is 48.5 Å². The summed E-state index contributed by atoms with van der Waals surface area (Å²) in [5.74, 6) is 1.30. The first-order chi connectivity index (χ1) is 13.3. The van der Waals surface area contributed by atoms with Gasteiger partial charge in [0, 0.05) is 30.8 Å². The number of anilines is 1. The van der Waals surface area contributed by atoms with Crippen molar-refractivity contribution in [2.45, 2.75) is 19.1 Å². The van der Waals surface area contributed by atoms with Crippen molar-refractivity contribution in [3.8, 4) is 12.3 Å². The third-order valence-electron chi connectivity index (χ3n) is 4.51. The van der Waals surface area contributed by atoms with Gasteiger partial charge < -0.3 is 10.2 Å². The number of carbonyl (C=O) groups excluding carboxylic acids is 2. The van der Waals surface area contributed by atoms with Gasteiger partial charge in [0.2, 0.25) is 11.8 Å². The molecule has 0 bridgehead atoms. The lowest BCUT2D eigenvalue weighted by atomic mass is 10.1. The summed E-state index contributed by atoms with van der Waals surface area (Å²) in [6, 6.07) is 11.6. The molecule has 0 aliphatic carbocycles. The topological polar surface area (TPSA) is 49.4 Å². The lowest BCUT2D eigenvalue weighted by Crippen LogP contribution is -2.28. The Morgan fingerprint density at radius 3 is 2.68 bits per heavy atom. The van der Waals surface area contributed by atoms with Crippen LogP contribution >= 0.6 is 0 Å². The Balaban J connectivity index is 1.65. The van der Waals surface area contributed by atoms with Gasteiger partial charge in [0.15, 0.2) is 0 Å². The molecule has 0 aromatic heterocycles. The molecule has 3 rings (SSSR count). The van der Waals surface area contributed by atoms with Crippen LogP contribution < -0.4 is 5.32 Å². The molecule has 1 heterocycles. The molecule has 1 N–H and O–H groups in total. The van der Waals surface area contributed by atoms with Crippen molar-refractivity contribution < 1.29 is 22.8 Å². The van der Waals surface area contributed by atoms with E-state index in [-0.39, 0.29) is 31.3 Å². The molecule has 2 aromatic rings. The van der Waals surface area contributed by atoms with E-state index >= 15 is 0 Å². The van der Waals surface area contributed by atoms with Crippen molar-refractivity contribution in [1.29, 1.82) is 0 Å². The molecule has 0 radical (unpaired) electrons. The van der Waals surface area contributed by atoms with Gasteiger partial charge in [-0.15, -0.1) is 6.42 Å². The number of carbonyl (C=O) groups is 2. The number of nitrogens with one attached hydrogen (secondary N) is 1. The van der Waals surface area contributed by atoms with Crippen LogP contribution in [0.2, 0.25) is 0 Å². The molecule has 1 aliphatic rings. The van der Waals surface area contributed by atoms with Crippen molar-refractivity contribution in [1.82, 2.24) is 4.90 Å². The van der Waals surface area contributed by atoms with Gasteiger partial charge in [0.1, 0.15) is 0 Å². The molecule has 0 saturated carbocycles. The average Bonchev–Trinajstić information content (AvgIpc) is 3.02. The largest absolute Gasteiger partial charge is 0.416 e. The zero-order chi connectivity index (χ0) is 20.3. The predicted octanol–water partition coefficient (Wildman–Crippen LogP) is 3.67. The molecule has 2 aromatic carbocycles. The SMILES string of the molecule is C#Cc1cccc(NC(=O)C2CC(=O)N(Cc3cccc(C(F)(F)F)c3)C2)c1. The molecular weight excluding hydrogens is 369 g/mol. The first kappa shape index (κ1) is 19.5. The Morgan fingerprint density at radius 1 is 1.21 bits per heavy atom. The van der Waals surface area contributed by atoms with E-state index in [9.17, 15) is 22.8 Å². The number of terminal acetylenes is 1. The number of nitrogens with zero attached hydrogens (tertiary/aromatic N) is 1. The number of halogens is 3. The number of rotatable bonds is 4. The summed E-state index contributed by atoms with van der Waals surface area (Å²) in [6.07, 6.45) is 0.904. The van der Waals surface area contributed by atoms with Gasteiger partial charge in [-0.1, -0.05) is 24.1 Å². The zero-order valence-electron chi connectivity index (χ0n) is 14.8. The summed E-state index contributed by atoms with van der Waals surface area (Å²) >= 11 is 0. The summed E-state index contributed by atoms with van der Waals surface area (Å²) in [5.41, 5.74) is 0.751. The van der Waals surface area contributed by atoms with Gasteiger partial charge in [-0.25, -0.2) is 0 Å². The van der Waals surface area contributed by atoms with Crippen molar-refractivity contribution in [3.05, 3.63) is 65.2 Å². The Labute approximate surface area is 160 Å². The molecule has 1 fully saturated rings. The lowest BCUT2D eigenvalue weighted by Gasteiger charge is -2.17. The van der Waals surface area contributed by atoms with E-state index in [4.69, 9.17) is 6.42 Å². The fourth-order valence-electron chi connectivity index (χ4n) is 3.10. The molecule has 1 atom stereocenters. The number of hydrogen-bond acceptors (Lipinski definition) is 2. The minimum Gasteiger partial charge on any atom is -0.338 e. The molecule has 2 amide bonds. The number of amides is 2. The quantitative estimate of drug-likeness (QED) is 0.815. The van der Waals surface area contributed by atoms with Crippen molar-refractivity contribution in [2.24, 2.45) is 5.92 Å². The van der Waals surface area contributed by atoms with Crippen LogP contribution in [0.3, 0.4) is 0 Å². The van der Waals surface area contributed by atoms with E-state index in [1.807, 2.05) is 0 Å². The second kappa shape index (κ2) is 7.77. The molecule has 7 heteroatoms.